The van der Waals surface area contributed by atoms with Gasteiger partial charge in [0.1, 0.15) is 0 Å². The van der Waals surface area contributed by atoms with Crippen LogP contribution >= 0.6 is 11.6 Å². The lowest BCUT2D eigenvalue weighted by Gasteiger charge is -2.14. The number of carbonyl (C=O) groups is 2. The van der Waals surface area contributed by atoms with Crippen LogP contribution in [-0.2, 0) is 4.79 Å². The fraction of sp³-hybridized carbons (Fsp3) is 0.222. The van der Waals surface area contributed by atoms with E-state index in [9.17, 15) is 14.7 Å². The van der Waals surface area contributed by atoms with Gasteiger partial charge in [-0.2, -0.15) is 0 Å². The largest absolute Gasteiger partial charge is 0.387 e. The molecule has 2 rings (SSSR count). The lowest BCUT2D eigenvalue weighted by atomic mass is 10.1. The minimum Gasteiger partial charge on any atom is -0.387 e. The zero-order valence-corrected chi connectivity index (χ0v) is 14.2. The number of aliphatic hydroxyl groups is 1. The Balaban J connectivity index is 2.05. The molecule has 1 unspecified atom stereocenters. The van der Waals surface area contributed by atoms with Gasteiger partial charge in [0.15, 0.2) is 0 Å². The first kappa shape index (κ1) is 18.0. The van der Waals surface area contributed by atoms with E-state index >= 15 is 0 Å². The summed E-state index contributed by atoms with van der Waals surface area (Å²) < 4.78 is 0. The van der Waals surface area contributed by atoms with Crippen LogP contribution in [0.3, 0.4) is 0 Å². The van der Waals surface area contributed by atoms with E-state index in [1.807, 2.05) is 6.92 Å². The second-order valence-corrected chi connectivity index (χ2v) is 5.87. The van der Waals surface area contributed by atoms with Crippen LogP contribution in [0.15, 0.2) is 42.5 Å². The first-order valence-electron chi connectivity index (χ1n) is 7.47. The molecule has 0 fully saturated rings. The fourth-order valence-electron chi connectivity index (χ4n) is 2.23. The predicted octanol–water partition coefficient (Wildman–Crippen LogP) is 3.07. The smallest absolute Gasteiger partial charge is 0.251 e. The van der Waals surface area contributed by atoms with E-state index in [1.54, 1.807) is 42.5 Å². The van der Waals surface area contributed by atoms with E-state index in [-0.39, 0.29) is 18.4 Å². The minimum absolute atomic E-state index is 0.0336. The van der Waals surface area contributed by atoms with E-state index in [0.29, 0.717) is 21.8 Å². The van der Waals surface area contributed by atoms with Gasteiger partial charge in [0.05, 0.1) is 6.10 Å². The highest BCUT2D eigenvalue weighted by atomic mass is 35.5. The van der Waals surface area contributed by atoms with Gasteiger partial charge in [-0.25, -0.2) is 0 Å². The van der Waals surface area contributed by atoms with Gasteiger partial charge in [-0.1, -0.05) is 35.9 Å². The molecule has 0 saturated carbocycles. The zero-order chi connectivity index (χ0) is 17.7. The number of hydrogen-bond donors (Lipinski definition) is 3. The topological polar surface area (TPSA) is 78.4 Å². The third-order valence-corrected chi connectivity index (χ3v) is 3.87. The average molecular weight is 347 g/mol. The lowest BCUT2D eigenvalue weighted by Crippen LogP contribution is -2.28. The summed E-state index contributed by atoms with van der Waals surface area (Å²) in [5.41, 5.74) is 2.40. The molecule has 0 aliphatic heterocycles. The van der Waals surface area contributed by atoms with Gasteiger partial charge in [-0.15, -0.1) is 0 Å². The molecular weight excluding hydrogens is 328 g/mol. The lowest BCUT2D eigenvalue weighted by molar-refractivity contribution is -0.114. The number of nitrogens with one attached hydrogen (secondary N) is 2. The maximum absolute atomic E-state index is 12.2. The molecule has 0 spiro atoms. The molecule has 0 radical (unpaired) electrons. The van der Waals surface area contributed by atoms with Crippen LogP contribution in [0.5, 0.6) is 0 Å². The number of rotatable bonds is 5. The molecule has 0 aromatic heterocycles. The van der Waals surface area contributed by atoms with Crippen molar-refractivity contribution in [1.82, 2.24) is 5.32 Å². The summed E-state index contributed by atoms with van der Waals surface area (Å²) in [5.74, 6) is -0.544. The second-order valence-electron chi connectivity index (χ2n) is 5.46. The van der Waals surface area contributed by atoms with Gasteiger partial charge in [-0.3, -0.25) is 9.59 Å². The number of halogens is 1. The van der Waals surface area contributed by atoms with Crippen LogP contribution in [0.4, 0.5) is 5.69 Å². The summed E-state index contributed by atoms with van der Waals surface area (Å²) >= 11 is 6.03. The number of carbonyl (C=O) groups excluding carboxylic acids is 2. The molecule has 6 heteroatoms. The monoisotopic (exact) mass is 346 g/mol. The van der Waals surface area contributed by atoms with Crippen LogP contribution in [0.1, 0.15) is 34.5 Å². The molecule has 0 heterocycles. The van der Waals surface area contributed by atoms with Crippen LogP contribution in [-0.4, -0.2) is 23.5 Å². The quantitative estimate of drug-likeness (QED) is 0.778. The minimum atomic E-state index is -0.900. The summed E-state index contributed by atoms with van der Waals surface area (Å²) in [7, 11) is 0. The Morgan fingerprint density at radius 1 is 1.21 bits per heavy atom. The Bertz CT molecular complexity index is 762. The van der Waals surface area contributed by atoms with Crippen molar-refractivity contribution >= 4 is 29.1 Å². The molecule has 0 saturated heterocycles. The predicted molar refractivity (Wildman–Crippen MR) is 94.2 cm³/mol. The Kier molecular flexibility index (Phi) is 5.95. The Labute approximate surface area is 145 Å². The Morgan fingerprint density at radius 2 is 1.92 bits per heavy atom. The SMILES string of the molecule is CC(=O)Nc1cc(C(=O)NCC(O)c2ccccc2Cl)ccc1C. The van der Waals surface area contributed by atoms with Gasteiger partial charge in [-0.05, 0) is 30.7 Å². The van der Waals surface area contributed by atoms with Gasteiger partial charge < -0.3 is 15.7 Å². The number of aryl methyl sites for hydroxylation is 1. The zero-order valence-electron chi connectivity index (χ0n) is 13.5. The van der Waals surface area contributed by atoms with Crippen molar-refractivity contribution in [2.75, 3.05) is 11.9 Å². The number of amides is 2. The standard InChI is InChI=1S/C18H19ClN2O3/c1-11-7-8-13(9-16(11)21-12(2)22)18(24)20-10-17(23)14-5-3-4-6-15(14)19/h3-9,17,23H,10H2,1-2H3,(H,20,24)(H,21,22). The van der Waals surface area contributed by atoms with E-state index in [0.717, 1.165) is 5.56 Å². The molecule has 2 aromatic rings. The van der Waals surface area contributed by atoms with Crippen LogP contribution in [0, 0.1) is 6.92 Å². The van der Waals surface area contributed by atoms with Gasteiger partial charge >= 0.3 is 0 Å². The first-order chi connectivity index (χ1) is 11.4. The molecule has 3 N–H and O–H groups in total. The highest BCUT2D eigenvalue weighted by Crippen LogP contribution is 2.22. The van der Waals surface area contributed by atoms with Crippen LogP contribution in [0.25, 0.3) is 0 Å². The maximum atomic E-state index is 12.2. The molecule has 0 aliphatic carbocycles. The van der Waals surface area contributed by atoms with E-state index < -0.39 is 6.10 Å². The molecule has 2 amide bonds. The van der Waals surface area contributed by atoms with Crippen molar-refractivity contribution in [3.63, 3.8) is 0 Å². The summed E-state index contributed by atoms with van der Waals surface area (Å²) in [4.78, 5) is 23.4. The molecule has 5 nitrogen and oxygen atoms in total. The highest BCUT2D eigenvalue weighted by molar-refractivity contribution is 6.31. The molecule has 0 bridgehead atoms. The van der Waals surface area contributed by atoms with Crippen molar-refractivity contribution in [1.29, 1.82) is 0 Å². The third-order valence-electron chi connectivity index (χ3n) is 3.53. The molecule has 0 aliphatic rings. The van der Waals surface area contributed by atoms with Gasteiger partial charge in [0, 0.05) is 35.3 Å². The van der Waals surface area contributed by atoms with Gasteiger partial charge in [0.25, 0.3) is 5.91 Å². The molecular formula is C18H19ClN2O3. The maximum Gasteiger partial charge on any atom is 0.251 e. The number of benzene rings is 2. The molecule has 24 heavy (non-hydrogen) atoms. The average Bonchev–Trinajstić information content (AvgIpc) is 2.54. The van der Waals surface area contributed by atoms with E-state index in [1.165, 1.54) is 6.92 Å². The normalized spacial score (nSPS) is 11.7. The summed E-state index contributed by atoms with van der Waals surface area (Å²) in [6.45, 7) is 3.28. The van der Waals surface area contributed by atoms with Crippen molar-refractivity contribution < 1.29 is 14.7 Å². The molecule has 1 atom stereocenters. The summed E-state index contributed by atoms with van der Waals surface area (Å²) in [5, 5.41) is 16.0. The highest BCUT2D eigenvalue weighted by Gasteiger charge is 2.14. The Morgan fingerprint density at radius 3 is 2.58 bits per heavy atom. The first-order valence-corrected chi connectivity index (χ1v) is 7.85. The number of aliphatic hydroxyl groups excluding tert-OH is 1. The van der Waals surface area contributed by atoms with Crippen molar-refractivity contribution in [2.24, 2.45) is 0 Å². The van der Waals surface area contributed by atoms with Crippen molar-refractivity contribution in [3.05, 3.63) is 64.2 Å². The molecule has 2 aromatic carbocycles. The van der Waals surface area contributed by atoms with Crippen molar-refractivity contribution in [2.45, 2.75) is 20.0 Å². The third kappa shape index (κ3) is 4.57. The van der Waals surface area contributed by atoms with Crippen molar-refractivity contribution in [3.8, 4) is 0 Å². The number of hydrogen-bond acceptors (Lipinski definition) is 3. The van der Waals surface area contributed by atoms with Crippen LogP contribution in [0.2, 0.25) is 5.02 Å². The second kappa shape index (κ2) is 7.95. The number of anilines is 1. The van der Waals surface area contributed by atoms with E-state index in [2.05, 4.69) is 10.6 Å². The summed E-state index contributed by atoms with van der Waals surface area (Å²) in [6.07, 6.45) is -0.900. The summed E-state index contributed by atoms with van der Waals surface area (Å²) in [6, 6.07) is 12.0. The van der Waals surface area contributed by atoms with Crippen LogP contribution < -0.4 is 10.6 Å². The Hall–Kier alpha value is -2.37. The van der Waals surface area contributed by atoms with E-state index in [4.69, 9.17) is 11.6 Å². The molecule has 126 valence electrons. The van der Waals surface area contributed by atoms with Gasteiger partial charge in [0.2, 0.25) is 5.91 Å². The fourth-order valence-corrected chi connectivity index (χ4v) is 2.50.